The summed E-state index contributed by atoms with van der Waals surface area (Å²) in [6, 6.07) is 8.59. The fourth-order valence-corrected chi connectivity index (χ4v) is 2.56. The van der Waals surface area contributed by atoms with Gasteiger partial charge in [0.25, 0.3) is 0 Å². The van der Waals surface area contributed by atoms with E-state index in [9.17, 15) is 0 Å². The summed E-state index contributed by atoms with van der Waals surface area (Å²) in [4.78, 5) is 2.35. The largest absolute Gasteiger partial charge is 0.491 e. The van der Waals surface area contributed by atoms with Crippen molar-refractivity contribution < 1.29 is 9.47 Å². The Bertz CT molecular complexity index is 394. The molecule has 1 aliphatic heterocycles. The normalized spacial score (nSPS) is 18.8. The maximum Gasteiger partial charge on any atom is 0.119 e. The van der Waals surface area contributed by atoms with Crippen molar-refractivity contribution in [1.82, 2.24) is 0 Å². The molecule has 21 heavy (non-hydrogen) atoms. The van der Waals surface area contributed by atoms with Gasteiger partial charge in [-0.05, 0) is 43.5 Å². The molecule has 1 saturated heterocycles. The van der Waals surface area contributed by atoms with Gasteiger partial charge < -0.3 is 20.1 Å². The van der Waals surface area contributed by atoms with E-state index >= 15 is 0 Å². The Morgan fingerprint density at radius 3 is 2.71 bits per heavy atom. The number of ether oxygens (including phenoxy) is 2. The smallest absolute Gasteiger partial charge is 0.119 e. The Labute approximate surface area is 128 Å². The highest BCUT2D eigenvalue weighted by molar-refractivity contribution is 5.49. The second-order valence-electron chi connectivity index (χ2n) is 5.66. The zero-order valence-corrected chi connectivity index (χ0v) is 13.1. The zero-order chi connectivity index (χ0) is 14.9. The quantitative estimate of drug-likeness (QED) is 0.749. The molecule has 0 amide bonds. The Morgan fingerprint density at radius 1 is 1.19 bits per heavy atom. The molecule has 1 fully saturated rings. The zero-order valence-electron chi connectivity index (χ0n) is 13.1. The molecule has 2 rings (SSSR count). The molecule has 0 bridgehead atoms. The number of piperidine rings is 1. The Balaban J connectivity index is 1.71. The minimum absolute atomic E-state index is 0.301. The van der Waals surface area contributed by atoms with Crippen LogP contribution in [-0.4, -0.2) is 39.0 Å². The summed E-state index contributed by atoms with van der Waals surface area (Å²) in [5.74, 6) is 0.902. The van der Waals surface area contributed by atoms with Crippen molar-refractivity contribution in [1.29, 1.82) is 0 Å². The highest BCUT2D eigenvalue weighted by Crippen LogP contribution is 2.22. The van der Waals surface area contributed by atoms with E-state index in [4.69, 9.17) is 15.2 Å². The van der Waals surface area contributed by atoms with E-state index in [1.165, 1.54) is 18.5 Å². The molecule has 0 saturated carbocycles. The van der Waals surface area contributed by atoms with Crippen LogP contribution in [-0.2, 0) is 4.74 Å². The molecule has 4 heteroatoms. The van der Waals surface area contributed by atoms with Crippen molar-refractivity contribution in [3.63, 3.8) is 0 Å². The fourth-order valence-electron chi connectivity index (χ4n) is 2.56. The Hall–Kier alpha value is -1.26. The summed E-state index contributed by atoms with van der Waals surface area (Å²) in [6.07, 6.45) is 4.60. The molecular formula is C17H28N2O2. The van der Waals surface area contributed by atoms with Crippen LogP contribution in [0, 0.1) is 0 Å². The molecule has 2 N–H and O–H groups in total. The summed E-state index contributed by atoms with van der Waals surface area (Å²) in [5, 5.41) is 0. The van der Waals surface area contributed by atoms with Gasteiger partial charge in [0.2, 0.25) is 0 Å². The molecule has 1 aromatic carbocycles. The van der Waals surface area contributed by atoms with Gasteiger partial charge in [-0.25, -0.2) is 0 Å². The first-order chi connectivity index (χ1) is 10.3. The lowest BCUT2D eigenvalue weighted by molar-refractivity contribution is 0.0980. The van der Waals surface area contributed by atoms with Crippen LogP contribution in [0.1, 0.15) is 32.6 Å². The summed E-state index contributed by atoms with van der Waals surface area (Å²) in [7, 11) is 0. The van der Waals surface area contributed by atoms with Crippen LogP contribution in [0.2, 0.25) is 0 Å². The first kappa shape index (κ1) is 16.1. The second kappa shape index (κ2) is 8.90. The van der Waals surface area contributed by atoms with Crippen LogP contribution in [0.4, 0.5) is 5.69 Å². The average molecular weight is 292 g/mol. The number of hydrogen-bond donors (Lipinski definition) is 1. The van der Waals surface area contributed by atoms with Crippen molar-refractivity contribution >= 4 is 5.69 Å². The third-order valence-corrected chi connectivity index (χ3v) is 3.80. The lowest BCUT2D eigenvalue weighted by Crippen LogP contribution is -2.42. The standard InChI is InChI=1S/C17H28N2O2/c1-2-3-11-20-12-13-21-17-8-6-16(7-9-17)19-10-4-5-15(18)14-19/h6-9,15H,2-5,10-14,18H2,1H3. The molecule has 0 spiro atoms. The number of anilines is 1. The summed E-state index contributed by atoms with van der Waals surface area (Å²) < 4.78 is 11.2. The molecule has 0 aliphatic carbocycles. The Kier molecular flexibility index (Phi) is 6.83. The lowest BCUT2D eigenvalue weighted by atomic mass is 10.1. The molecule has 4 nitrogen and oxygen atoms in total. The van der Waals surface area contributed by atoms with Crippen LogP contribution in [0.25, 0.3) is 0 Å². The van der Waals surface area contributed by atoms with E-state index in [1.807, 2.05) is 12.1 Å². The Morgan fingerprint density at radius 2 is 2.00 bits per heavy atom. The third kappa shape index (κ3) is 5.56. The molecule has 118 valence electrons. The molecule has 1 aliphatic rings. The fraction of sp³-hybridized carbons (Fsp3) is 0.647. The van der Waals surface area contributed by atoms with Crippen LogP contribution in [0.3, 0.4) is 0 Å². The van der Waals surface area contributed by atoms with Crippen molar-refractivity contribution in [2.75, 3.05) is 37.8 Å². The minimum Gasteiger partial charge on any atom is -0.491 e. The van der Waals surface area contributed by atoms with Crippen molar-refractivity contribution in [3.8, 4) is 5.75 Å². The molecule has 1 unspecified atom stereocenters. The number of hydrogen-bond acceptors (Lipinski definition) is 4. The number of nitrogens with two attached hydrogens (primary N) is 1. The number of rotatable bonds is 8. The maximum atomic E-state index is 6.03. The maximum absolute atomic E-state index is 6.03. The van der Waals surface area contributed by atoms with Crippen LogP contribution in [0.5, 0.6) is 5.75 Å². The predicted molar refractivity (Wildman–Crippen MR) is 87.1 cm³/mol. The first-order valence-electron chi connectivity index (χ1n) is 8.10. The van der Waals surface area contributed by atoms with Crippen molar-refractivity contribution in [2.24, 2.45) is 5.73 Å². The second-order valence-corrected chi connectivity index (χ2v) is 5.66. The summed E-state index contributed by atoms with van der Waals surface area (Å²) in [6.45, 7) is 6.30. The van der Waals surface area contributed by atoms with E-state index in [1.54, 1.807) is 0 Å². The van der Waals surface area contributed by atoms with Gasteiger partial charge in [0.15, 0.2) is 0 Å². The van der Waals surface area contributed by atoms with E-state index < -0.39 is 0 Å². The SMILES string of the molecule is CCCCOCCOc1ccc(N2CCCC(N)C2)cc1. The van der Waals surface area contributed by atoms with E-state index in [0.717, 1.165) is 38.3 Å². The highest BCUT2D eigenvalue weighted by atomic mass is 16.5. The van der Waals surface area contributed by atoms with Crippen molar-refractivity contribution in [2.45, 2.75) is 38.6 Å². The third-order valence-electron chi connectivity index (χ3n) is 3.80. The summed E-state index contributed by atoms with van der Waals surface area (Å²) >= 11 is 0. The number of unbranched alkanes of at least 4 members (excludes halogenated alkanes) is 1. The number of benzene rings is 1. The molecule has 0 aromatic heterocycles. The van der Waals surface area contributed by atoms with Gasteiger partial charge >= 0.3 is 0 Å². The van der Waals surface area contributed by atoms with Crippen LogP contribution >= 0.6 is 0 Å². The van der Waals surface area contributed by atoms with Gasteiger partial charge in [0.1, 0.15) is 12.4 Å². The molecular weight excluding hydrogens is 264 g/mol. The van der Waals surface area contributed by atoms with Gasteiger partial charge in [0.05, 0.1) is 6.61 Å². The predicted octanol–water partition coefficient (Wildman–Crippen LogP) is 2.81. The number of nitrogens with zero attached hydrogens (tertiary/aromatic N) is 1. The van der Waals surface area contributed by atoms with E-state index in [-0.39, 0.29) is 0 Å². The topological polar surface area (TPSA) is 47.7 Å². The van der Waals surface area contributed by atoms with E-state index in [0.29, 0.717) is 19.3 Å². The molecule has 1 heterocycles. The minimum atomic E-state index is 0.301. The van der Waals surface area contributed by atoms with Gasteiger partial charge in [-0.1, -0.05) is 13.3 Å². The monoisotopic (exact) mass is 292 g/mol. The first-order valence-corrected chi connectivity index (χ1v) is 8.10. The van der Waals surface area contributed by atoms with Crippen molar-refractivity contribution in [3.05, 3.63) is 24.3 Å². The van der Waals surface area contributed by atoms with Gasteiger partial charge in [-0.15, -0.1) is 0 Å². The molecule has 1 aromatic rings. The van der Waals surface area contributed by atoms with Crippen LogP contribution < -0.4 is 15.4 Å². The lowest BCUT2D eigenvalue weighted by Gasteiger charge is -2.32. The average Bonchev–Trinajstić information content (AvgIpc) is 2.51. The van der Waals surface area contributed by atoms with Gasteiger partial charge in [-0.3, -0.25) is 0 Å². The van der Waals surface area contributed by atoms with Gasteiger partial charge in [-0.2, -0.15) is 0 Å². The van der Waals surface area contributed by atoms with Gasteiger partial charge in [0, 0.05) is 31.4 Å². The van der Waals surface area contributed by atoms with E-state index in [2.05, 4.69) is 24.0 Å². The molecule has 0 radical (unpaired) electrons. The van der Waals surface area contributed by atoms with Crippen LogP contribution in [0.15, 0.2) is 24.3 Å². The molecule has 1 atom stereocenters. The highest BCUT2D eigenvalue weighted by Gasteiger charge is 2.16. The summed E-state index contributed by atoms with van der Waals surface area (Å²) in [5.41, 5.74) is 7.26.